The Morgan fingerprint density at radius 2 is 1.82 bits per heavy atom. The summed E-state index contributed by atoms with van der Waals surface area (Å²) in [7, 11) is 0. The number of allylic oxidation sites excluding steroid dienone is 2. The van der Waals surface area contributed by atoms with Crippen molar-refractivity contribution in [1.29, 1.82) is 0 Å². The van der Waals surface area contributed by atoms with E-state index < -0.39 is 0 Å². The molecule has 2 aliphatic carbocycles. The van der Waals surface area contributed by atoms with Gasteiger partial charge in [-0.25, -0.2) is 0 Å². The van der Waals surface area contributed by atoms with Gasteiger partial charge in [0.05, 0.1) is 11.8 Å². The van der Waals surface area contributed by atoms with Crippen LogP contribution in [0.5, 0.6) is 0 Å². The van der Waals surface area contributed by atoms with E-state index in [-0.39, 0.29) is 29.7 Å². The zero-order chi connectivity index (χ0) is 12.2. The average Bonchev–Trinajstić information content (AvgIpc) is 2.98. The predicted octanol–water partition coefficient (Wildman–Crippen LogP) is 0.531. The number of imide groups is 1. The molecule has 1 heterocycles. The predicted molar refractivity (Wildman–Crippen MR) is 62.7 cm³/mol. The SMILES string of the molecule is CCC(N)CN1C(=O)C2C3C=CC(C3)C2C1=O. The van der Waals surface area contributed by atoms with E-state index in [0.29, 0.717) is 18.4 Å². The Morgan fingerprint density at radius 1 is 1.29 bits per heavy atom. The Morgan fingerprint density at radius 3 is 2.29 bits per heavy atom. The average molecular weight is 234 g/mol. The molecule has 0 radical (unpaired) electrons. The number of rotatable bonds is 3. The molecule has 0 aromatic heterocycles. The molecule has 2 amide bonds. The summed E-state index contributed by atoms with van der Waals surface area (Å²) in [4.78, 5) is 25.9. The van der Waals surface area contributed by atoms with E-state index in [1.165, 1.54) is 4.90 Å². The Balaban J connectivity index is 1.83. The van der Waals surface area contributed by atoms with Crippen LogP contribution in [0.2, 0.25) is 0 Å². The van der Waals surface area contributed by atoms with Gasteiger partial charge in [-0.05, 0) is 24.7 Å². The smallest absolute Gasteiger partial charge is 0.233 e. The maximum atomic E-state index is 12.3. The van der Waals surface area contributed by atoms with E-state index >= 15 is 0 Å². The largest absolute Gasteiger partial charge is 0.326 e. The van der Waals surface area contributed by atoms with Gasteiger partial charge >= 0.3 is 0 Å². The fourth-order valence-corrected chi connectivity index (χ4v) is 3.51. The van der Waals surface area contributed by atoms with Crippen LogP contribution < -0.4 is 5.73 Å². The van der Waals surface area contributed by atoms with Crippen molar-refractivity contribution in [3.8, 4) is 0 Å². The highest BCUT2D eigenvalue weighted by atomic mass is 16.2. The lowest BCUT2D eigenvalue weighted by molar-refractivity contribution is -0.141. The zero-order valence-corrected chi connectivity index (χ0v) is 10.0. The van der Waals surface area contributed by atoms with Crippen molar-refractivity contribution in [3.63, 3.8) is 0 Å². The molecule has 5 atom stereocenters. The van der Waals surface area contributed by atoms with Gasteiger partial charge in [0.15, 0.2) is 0 Å². The van der Waals surface area contributed by atoms with Crippen LogP contribution in [0.4, 0.5) is 0 Å². The van der Waals surface area contributed by atoms with Crippen molar-refractivity contribution >= 4 is 11.8 Å². The first kappa shape index (κ1) is 11.0. The molecule has 1 saturated carbocycles. The van der Waals surface area contributed by atoms with Gasteiger partial charge in [0, 0.05) is 12.6 Å². The van der Waals surface area contributed by atoms with E-state index in [2.05, 4.69) is 12.2 Å². The molecule has 4 heteroatoms. The standard InChI is InChI=1S/C13H18N2O2/c1-2-9(14)6-15-12(16)10-7-3-4-8(5-7)11(10)13(15)17/h3-4,7-11H,2,5-6,14H2,1H3. The highest BCUT2D eigenvalue weighted by Gasteiger charge is 2.59. The van der Waals surface area contributed by atoms with Crippen LogP contribution in [0, 0.1) is 23.7 Å². The molecule has 0 aromatic carbocycles. The number of nitrogens with two attached hydrogens (primary N) is 1. The van der Waals surface area contributed by atoms with Gasteiger partial charge in [-0.2, -0.15) is 0 Å². The maximum Gasteiger partial charge on any atom is 0.233 e. The summed E-state index contributed by atoms with van der Waals surface area (Å²) in [5.41, 5.74) is 5.85. The monoisotopic (exact) mass is 234 g/mol. The second kappa shape index (κ2) is 3.67. The number of carbonyl (C=O) groups is 2. The van der Waals surface area contributed by atoms with E-state index in [0.717, 1.165) is 12.8 Å². The van der Waals surface area contributed by atoms with Crippen molar-refractivity contribution in [2.45, 2.75) is 25.8 Å². The van der Waals surface area contributed by atoms with E-state index in [4.69, 9.17) is 5.73 Å². The first-order chi connectivity index (χ1) is 8.13. The third kappa shape index (κ3) is 1.40. The number of amides is 2. The molecule has 2 bridgehead atoms. The van der Waals surface area contributed by atoms with Gasteiger partial charge in [-0.15, -0.1) is 0 Å². The highest BCUT2D eigenvalue weighted by Crippen LogP contribution is 2.52. The molecule has 0 aromatic rings. The molecule has 3 aliphatic rings. The van der Waals surface area contributed by atoms with Crippen molar-refractivity contribution in [2.75, 3.05) is 6.54 Å². The van der Waals surface area contributed by atoms with Crippen molar-refractivity contribution in [1.82, 2.24) is 4.90 Å². The minimum Gasteiger partial charge on any atom is -0.326 e. The zero-order valence-electron chi connectivity index (χ0n) is 10.0. The van der Waals surface area contributed by atoms with Crippen LogP contribution >= 0.6 is 0 Å². The summed E-state index contributed by atoms with van der Waals surface area (Å²) in [5, 5.41) is 0. The summed E-state index contributed by atoms with van der Waals surface area (Å²) >= 11 is 0. The second-order valence-corrected chi connectivity index (χ2v) is 5.46. The molecule has 92 valence electrons. The molecule has 17 heavy (non-hydrogen) atoms. The Bertz CT molecular complexity index is 374. The number of hydrogen-bond donors (Lipinski definition) is 1. The van der Waals surface area contributed by atoms with E-state index in [9.17, 15) is 9.59 Å². The summed E-state index contributed by atoms with van der Waals surface area (Å²) in [6, 6.07) is -0.0904. The number of carbonyl (C=O) groups excluding carboxylic acids is 2. The first-order valence-electron chi connectivity index (χ1n) is 6.42. The van der Waals surface area contributed by atoms with Crippen LogP contribution in [0.1, 0.15) is 19.8 Å². The minimum atomic E-state index is -0.0904. The van der Waals surface area contributed by atoms with Crippen molar-refractivity contribution in [3.05, 3.63) is 12.2 Å². The molecule has 2 fully saturated rings. The summed E-state index contributed by atoms with van der Waals surface area (Å²) in [6.45, 7) is 2.36. The quantitative estimate of drug-likeness (QED) is 0.572. The third-order valence-corrected chi connectivity index (χ3v) is 4.50. The molecule has 2 N–H and O–H groups in total. The van der Waals surface area contributed by atoms with Crippen LogP contribution in [0.25, 0.3) is 0 Å². The summed E-state index contributed by atoms with van der Waals surface area (Å²) < 4.78 is 0. The molecular formula is C13H18N2O2. The molecule has 4 nitrogen and oxygen atoms in total. The highest BCUT2D eigenvalue weighted by molar-refractivity contribution is 6.06. The lowest BCUT2D eigenvalue weighted by Crippen LogP contribution is -2.42. The normalized spacial score (nSPS) is 40.2. The van der Waals surface area contributed by atoms with Gasteiger partial charge in [-0.3, -0.25) is 14.5 Å². The molecule has 1 saturated heterocycles. The molecule has 3 rings (SSSR count). The Hall–Kier alpha value is -1.16. The lowest BCUT2D eigenvalue weighted by Gasteiger charge is -2.20. The Labute approximate surface area is 101 Å². The summed E-state index contributed by atoms with van der Waals surface area (Å²) in [6.07, 6.45) is 6.00. The topological polar surface area (TPSA) is 63.4 Å². The number of hydrogen-bond acceptors (Lipinski definition) is 3. The third-order valence-electron chi connectivity index (χ3n) is 4.50. The number of likely N-dealkylation sites (tertiary alicyclic amines) is 1. The van der Waals surface area contributed by atoms with Gasteiger partial charge in [0.25, 0.3) is 0 Å². The molecule has 5 unspecified atom stereocenters. The minimum absolute atomic E-state index is 0.0146. The Kier molecular flexibility index (Phi) is 2.36. The van der Waals surface area contributed by atoms with Gasteiger partial charge in [0.1, 0.15) is 0 Å². The molecule has 0 spiro atoms. The first-order valence-corrected chi connectivity index (χ1v) is 6.42. The van der Waals surface area contributed by atoms with E-state index in [1.807, 2.05) is 6.92 Å². The fraction of sp³-hybridized carbons (Fsp3) is 0.692. The van der Waals surface area contributed by atoms with Crippen molar-refractivity contribution < 1.29 is 9.59 Å². The van der Waals surface area contributed by atoms with Crippen LogP contribution in [0.3, 0.4) is 0 Å². The van der Waals surface area contributed by atoms with Crippen molar-refractivity contribution in [2.24, 2.45) is 29.4 Å². The van der Waals surface area contributed by atoms with E-state index in [1.54, 1.807) is 0 Å². The van der Waals surface area contributed by atoms with Gasteiger partial charge < -0.3 is 5.73 Å². The second-order valence-electron chi connectivity index (χ2n) is 5.46. The van der Waals surface area contributed by atoms with Crippen LogP contribution in [0.15, 0.2) is 12.2 Å². The van der Waals surface area contributed by atoms with Crippen LogP contribution in [-0.2, 0) is 9.59 Å². The van der Waals surface area contributed by atoms with Gasteiger partial charge in [0.2, 0.25) is 11.8 Å². The van der Waals surface area contributed by atoms with Crippen LogP contribution in [-0.4, -0.2) is 29.3 Å². The fourth-order valence-electron chi connectivity index (χ4n) is 3.51. The summed E-state index contributed by atoms with van der Waals surface area (Å²) in [5.74, 6) is 0.457. The number of nitrogens with zero attached hydrogens (tertiary/aromatic N) is 1. The van der Waals surface area contributed by atoms with Gasteiger partial charge in [-0.1, -0.05) is 19.1 Å². The molecule has 1 aliphatic heterocycles. The molecular weight excluding hydrogens is 216 g/mol. The number of fused-ring (bicyclic) bond motifs is 5. The maximum absolute atomic E-state index is 12.3. The lowest BCUT2D eigenvalue weighted by atomic mass is 9.85.